The lowest BCUT2D eigenvalue weighted by Crippen LogP contribution is -2.28. The molecule has 0 aromatic heterocycles. The van der Waals surface area contributed by atoms with Crippen LogP contribution >= 0.6 is 0 Å². The molecule has 2 unspecified atom stereocenters. The Hall–Kier alpha value is -0.900. The Bertz CT molecular complexity index is 262. The van der Waals surface area contributed by atoms with E-state index in [-0.39, 0.29) is 0 Å². The van der Waals surface area contributed by atoms with Gasteiger partial charge in [0.05, 0.1) is 0 Å². The van der Waals surface area contributed by atoms with Crippen molar-refractivity contribution in [1.29, 1.82) is 0 Å². The summed E-state index contributed by atoms with van der Waals surface area (Å²) in [6, 6.07) is 0. The van der Waals surface area contributed by atoms with Gasteiger partial charge in [-0.25, -0.2) is 0 Å². The van der Waals surface area contributed by atoms with Crippen molar-refractivity contribution in [3.8, 4) is 0 Å². The minimum atomic E-state index is -0.473. The van der Waals surface area contributed by atoms with E-state index in [4.69, 9.17) is 0 Å². The van der Waals surface area contributed by atoms with Crippen LogP contribution in [0.4, 0.5) is 4.39 Å². The summed E-state index contributed by atoms with van der Waals surface area (Å²) in [7, 11) is 1.36. The molecule has 0 N–H and O–H groups in total. The van der Waals surface area contributed by atoms with E-state index in [1.807, 2.05) is 6.08 Å². The van der Waals surface area contributed by atoms with Crippen molar-refractivity contribution in [2.24, 2.45) is 11.1 Å². The topological polar surface area (TPSA) is 24.8 Å². The van der Waals surface area contributed by atoms with Gasteiger partial charge in [0.2, 0.25) is 0 Å². The minimum absolute atomic E-state index is 0.473. The number of fused-ring (bicyclic) bond motifs is 2. The standard InChI is InChI=1S/C9H13FN2O/c1-13-11-9(10)8-4-7-2-3-12(5-7)6-8/h4,7H,2-3,5-6H2,1H3/b11-9-. The fraction of sp³-hybridized carbons (Fsp3) is 0.667. The molecular formula is C9H13FN2O. The maximum absolute atomic E-state index is 13.2. The third-order valence-electron chi connectivity index (χ3n) is 2.58. The number of rotatable bonds is 2. The third-order valence-corrected chi connectivity index (χ3v) is 2.58. The third kappa shape index (κ3) is 1.72. The molecule has 0 saturated carbocycles. The summed E-state index contributed by atoms with van der Waals surface area (Å²) in [4.78, 5) is 6.64. The van der Waals surface area contributed by atoms with E-state index in [1.165, 1.54) is 7.11 Å². The van der Waals surface area contributed by atoms with Crippen molar-refractivity contribution in [2.75, 3.05) is 26.7 Å². The molecule has 1 fully saturated rings. The summed E-state index contributed by atoms with van der Waals surface area (Å²) in [5, 5.41) is 3.30. The SMILES string of the molecule is CO/N=C(\F)C1=CC2CCN(C1)C2. The van der Waals surface area contributed by atoms with Gasteiger partial charge in [0.15, 0.2) is 0 Å². The second-order valence-electron chi connectivity index (χ2n) is 3.54. The lowest BCUT2D eigenvalue weighted by Gasteiger charge is -2.20. The molecule has 0 aromatic carbocycles. The first-order valence-electron chi connectivity index (χ1n) is 4.49. The van der Waals surface area contributed by atoms with Gasteiger partial charge in [-0.2, -0.15) is 4.39 Å². The molecule has 0 spiro atoms. The quantitative estimate of drug-likeness (QED) is 0.475. The van der Waals surface area contributed by atoms with E-state index in [0.717, 1.165) is 19.5 Å². The lowest BCUT2D eigenvalue weighted by molar-refractivity contribution is 0.208. The summed E-state index contributed by atoms with van der Waals surface area (Å²) in [5.41, 5.74) is 0.676. The molecule has 2 rings (SSSR count). The minimum Gasteiger partial charge on any atom is -0.397 e. The monoisotopic (exact) mass is 184 g/mol. The van der Waals surface area contributed by atoms with Crippen LogP contribution in [0.25, 0.3) is 0 Å². The van der Waals surface area contributed by atoms with Crippen molar-refractivity contribution >= 4 is 5.97 Å². The van der Waals surface area contributed by atoms with Gasteiger partial charge in [0.1, 0.15) is 7.11 Å². The van der Waals surface area contributed by atoms with Crippen LogP contribution in [0.1, 0.15) is 6.42 Å². The smallest absolute Gasteiger partial charge is 0.253 e. The van der Waals surface area contributed by atoms with E-state index < -0.39 is 5.97 Å². The van der Waals surface area contributed by atoms with Crippen LogP contribution in [0, 0.1) is 5.92 Å². The Morgan fingerprint density at radius 1 is 1.77 bits per heavy atom. The van der Waals surface area contributed by atoms with E-state index in [9.17, 15) is 4.39 Å². The molecule has 72 valence electrons. The zero-order valence-corrected chi connectivity index (χ0v) is 7.66. The van der Waals surface area contributed by atoms with Crippen molar-refractivity contribution < 1.29 is 9.23 Å². The Balaban J connectivity index is 2.12. The summed E-state index contributed by atoms with van der Waals surface area (Å²) in [6.07, 6.45) is 3.13. The van der Waals surface area contributed by atoms with Gasteiger partial charge < -0.3 is 4.84 Å². The maximum Gasteiger partial charge on any atom is 0.253 e. The molecule has 4 heteroatoms. The van der Waals surface area contributed by atoms with E-state index in [0.29, 0.717) is 18.0 Å². The number of nitrogens with zero attached hydrogens (tertiary/aromatic N) is 2. The van der Waals surface area contributed by atoms with Crippen LogP contribution in [0.15, 0.2) is 16.8 Å². The Morgan fingerprint density at radius 2 is 2.62 bits per heavy atom. The van der Waals surface area contributed by atoms with Crippen LogP contribution in [-0.2, 0) is 4.84 Å². The zero-order chi connectivity index (χ0) is 9.26. The molecule has 2 atom stereocenters. The largest absolute Gasteiger partial charge is 0.397 e. The van der Waals surface area contributed by atoms with Crippen LogP contribution in [0.5, 0.6) is 0 Å². The normalized spacial score (nSPS) is 33.1. The molecule has 2 heterocycles. The highest BCUT2D eigenvalue weighted by molar-refractivity contribution is 5.92. The van der Waals surface area contributed by atoms with E-state index in [1.54, 1.807) is 0 Å². The number of hydrogen-bond donors (Lipinski definition) is 0. The molecular weight excluding hydrogens is 171 g/mol. The summed E-state index contributed by atoms with van der Waals surface area (Å²) < 4.78 is 13.2. The second-order valence-corrected chi connectivity index (χ2v) is 3.54. The van der Waals surface area contributed by atoms with Crippen LogP contribution in [0.3, 0.4) is 0 Å². The first kappa shape index (κ1) is 8.69. The van der Waals surface area contributed by atoms with Gasteiger partial charge in [-0.15, -0.1) is 0 Å². The fourth-order valence-corrected chi connectivity index (χ4v) is 1.99. The predicted octanol–water partition coefficient (Wildman–Crippen LogP) is 1.18. The molecule has 0 aromatic rings. The van der Waals surface area contributed by atoms with Crippen LogP contribution in [-0.4, -0.2) is 37.6 Å². The summed E-state index contributed by atoms with van der Waals surface area (Å²) in [6.45, 7) is 2.82. The van der Waals surface area contributed by atoms with E-state index in [2.05, 4.69) is 14.9 Å². The highest BCUT2D eigenvalue weighted by atomic mass is 19.1. The molecule has 2 bridgehead atoms. The van der Waals surface area contributed by atoms with Gasteiger partial charge >= 0.3 is 0 Å². The molecule has 1 saturated heterocycles. The van der Waals surface area contributed by atoms with Crippen molar-refractivity contribution in [3.63, 3.8) is 0 Å². The number of hydrogen-bond acceptors (Lipinski definition) is 3. The molecule has 13 heavy (non-hydrogen) atoms. The molecule has 0 amide bonds. The second kappa shape index (κ2) is 3.46. The number of halogens is 1. The van der Waals surface area contributed by atoms with Crippen LogP contribution in [0.2, 0.25) is 0 Å². The van der Waals surface area contributed by atoms with Gasteiger partial charge in [-0.05, 0) is 18.9 Å². The van der Waals surface area contributed by atoms with E-state index >= 15 is 0 Å². The lowest BCUT2D eigenvalue weighted by atomic mass is 10.0. The predicted molar refractivity (Wildman–Crippen MR) is 48.2 cm³/mol. The fourth-order valence-electron chi connectivity index (χ4n) is 1.99. The maximum atomic E-state index is 13.2. The zero-order valence-electron chi connectivity index (χ0n) is 7.66. The Labute approximate surface area is 76.8 Å². The van der Waals surface area contributed by atoms with Gasteiger partial charge in [-0.1, -0.05) is 11.2 Å². The summed E-state index contributed by atoms with van der Waals surface area (Å²) in [5.74, 6) is 0.0423. The molecule has 3 nitrogen and oxygen atoms in total. The number of oxime groups is 1. The highest BCUT2D eigenvalue weighted by Gasteiger charge is 2.28. The Morgan fingerprint density at radius 3 is 3.31 bits per heavy atom. The molecule has 0 radical (unpaired) electrons. The Kier molecular flexibility index (Phi) is 2.31. The summed E-state index contributed by atoms with van der Waals surface area (Å²) >= 11 is 0. The first-order chi connectivity index (χ1) is 6.29. The van der Waals surface area contributed by atoms with Crippen molar-refractivity contribution in [2.45, 2.75) is 6.42 Å². The molecule has 0 aliphatic carbocycles. The first-order valence-corrected chi connectivity index (χ1v) is 4.49. The average molecular weight is 184 g/mol. The van der Waals surface area contributed by atoms with Gasteiger partial charge in [0.25, 0.3) is 5.97 Å². The molecule has 2 aliphatic rings. The van der Waals surface area contributed by atoms with Crippen molar-refractivity contribution in [3.05, 3.63) is 11.6 Å². The van der Waals surface area contributed by atoms with Gasteiger partial charge in [0, 0.05) is 18.7 Å². The van der Waals surface area contributed by atoms with Gasteiger partial charge in [-0.3, -0.25) is 4.90 Å². The van der Waals surface area contributed by atoms with Crippen LogP contribution < -0.4 is 0 Å². The molecule has 2 aliphatic heterocycles. The van der Waals surface area contributed by atoms with Crippen molar-refractivity contribution in [1.82, 2.24) is 4.90 Å². The average Bonchev–Trinajstić information content (AvgIpc) is 2.46. The highest BCUT2D eigenvalue weighted by Crippen LogP contribution is 2.25.